The van der Waals surface area contributed by atoms with Crippen molar-refractivity contribution in [1.82, 2.24) is 0 Å². The second-order valence-electron chi connectivity index (χ2n) is 3.78. The summed E-state index contributed by atoms with van der Waals surface area (Å²) in [5.74, 6) is 0.0240. The van der Waals surface area contributed by atoms with Crippen LogP contribution in [0, 0.1) is 0 Å². The van der Waals surface area contributed by atoms with E-state index in [-0.39, 0.29) is 5.78 Å². The number of rotatable bonds is 3. The first-order chi connectivity index (χ1) is 7.81. The van der Waals surface area contributed by atoms with Crippen molar-refractivity contribution in [2.24, 2.45) is 0 Å². The van der Waals surface area contributed by atoms with Gasteiger partial charge in [0.1, 0.15) is 6.10 Å². The summed E-state index contributed by atoms with van der Waals surface area (Å²) in [6.07, 6.45) is 5.65. The highest BCUT2D eigenvalue weighted by atomic mass is 16.5. The van der Waals surface area contributed by atoms with E-state index in [1.807, 2.05) is 24.3 Å². The quantitative estimate of drug-likeness (QED) is 0.771. The molecule has 82 valence electrons. The van der Waals surface area contributed by atoms with Gasteiger partial charge in [0.2, 0.25) is 0 Å². The summed E-state index contributed by atoms with van der Waals surface area (Å²) < 4.78 is 5.22. The van der Waals surface area contributed by atoms with Crippen molar-refractivity contribution in [3.8, 4) is 0 Å². The third kappa shape index (κ3) is 2.28. The molecule has 16 heavy (non-hydrogen) atoms. The van der Waals surface area contributed by atoms with Crippen LogP contribution in [0.25, 0.3) is 0 Å². The predicted molar refractivity (Wildman–Crippen MR) is 63.2 cm³/mol. The molecule has 0 fully saturated rings. The Hall–Kier alpha value is -1.67. The molecular weight excluding hydrogens is 200 g/mol. The van der Waals surface area contributed by atoms with Crippen LogP contribution >= 0.6 is 0 Å². The van der Waals surface area contributed by atoms with Gasteiger partial charge >= 0.3 is 0 Å². The van der Waals surface area contributed by atoms with Crippen molar-refractivity contribution in [2.75, 3.05) is 7.11 Å². The van der Waals surface area contributed by atoms with Gasteiger partial charge in [0, 0.05) is 7.11 Å². The van der Waals surface area contributed by atoms with Crippen molar-refractivity contribution < 1.29 is 9.53 Å². The highest BCUT2D eigenvalue weighted by Gasteiger charge is 2.22. The van der Waals surface area contributed by atoms with Crippen molar-refractivity contribution in [1.29, 1.82) is 0 Å². The zero-order valence-corrected chi connectivity index (χ0v) is 9.22. The van der Waals surface area contributed by atoms with E-state index in [1.165, 1.54) is 5.56 Å². The summed E-state index contributed by atoms with van der Waals surface area (Å²) in [5.41, 5.74) is 2.21. The first-order valence-electron chi connectivity index (χ1n) is 5.29. The maximum absolute atomic E-state index is 11.6. The molecule has 2 rings (SSSR count). The maximum Gasteiger partial charge on any atom is 0.188 e. The summed E-state index contributed by atoms with van der Waals surface area (Å²) in [5, 5.41) is 0. The Morgan fingerprint density at radius 1 is 1.25 bits per heavy atom. The van der Waals surface area contributed by atoms with Gasteiger partial charge in [0.05, 0.1) is 0 Å². The van der Waals surface area contributed by atoms with Crippen molar-refractivity contribution >= 4 is 5.78 Å². The molecule has 1 aromatic carbocycles. The van der Waals surface area contributed by atoms with Gasteiger partial charge in [-0.2, -0.15) is 0 Å². The second-order valence-corrected chi connectivity index (χ2v) is 3.78. The number of carbonyl (C=O) groups excluding carboxylic acids is 1. The Balaban J connectivity index is 2.18. The Kier molecular flexibility index (Phi) is 3.32. The van der Waals surface area contributed by atoms with Crippen LogP contribution in [0.3, 0.4) is 0 Å². The number of hydrogen-bond donors (Lipinski definition) is 0. The lowest BCUT2D eigenvalue weighted by molar-refractivity contribution is -0.122. The smallest absolute Gasteiger partial charge is 0.188 e. The van der Waals surface area contributed by atoms with Gasteiger partial charge in [-0.25, -0.2) is 0 Å². The summed E-state index contributed by atoms with van der Waals surface area (Å²) in [7, 11) is 1.57. The minimum Gasteiger partial charge on any atom is -0.369 e. The van der Waals surface area contributed by atoms with Crippen LogP contribution in [0.2, 0.25) is 0 Å². The first-order valence-corrected chi connectivity index (χ1v) is 5.29. The Bertz CT molecular complexity index is 429. The lowest BCUT2D eigenvalue weighted by atomic mass is 9.94. The minimum absolute atomic E-state index is 0.0240. The van der Waals surface area contributed by atoms with Crippen LogP contribution < -0.4 is 0 Å². The minimum atomic E-state index is -0.412. The summed E-state index contributed by atoms with van der Waals surface area (Å²) in [6.45, 7) is 0. The van der Waals surface area contributed by atoms with E-state index in [0.29, 0.717) is 0 Å². The fourth-order valence-electron chi connectivity index (χ4n) is 1.87. The van der Waals surface area contributed by atoms with Crippen LogP contribution in [0.5, 0.6) is 0 Å². The summed E-state index contributed by atoms with van der Waals surface area (Å²) in [4.78, 5) is 11.6. The van der Waals surface area contributed by atoms with E-state index in [4.69, 9.17) is 4.74 Å². The molecule has 1 aliphatic carbocycles. The van der Waals surface area contributed by atoms with Crippen LogP contribution in [-0.4, -0.2) is 19.0 Å². The molecule has 0 saturated carbocycles. The molecule has 2 heteroatoms. The molecule has 1 aliphatic rings. The molecule has 0 spiro atoms. The Morgan fingerprint density at radius 3 is 2.69 bits per heavy atom. The topological polar surface area (TPSA) is 26.3 Å². The largest absolute Gasteiger partial charge is 0.369 e. The molecule has 0 aliphatic heterocycles. The van der Waals surface area contributed by atoms with Crippen LogP contribution in [0.4, 0.5) is 0 Å². The zero-order chi connectivity index (χ0) is 11.4. The summed E-state index contributed by atoms with van der Waals surface area (Å²) >= 11 is 0. The fraction of sp³-hybridized carbons (Fsp3) is 0.214. The average Bonchev–Trinajstić information content (AvgIpc) is 2.31. The zero-order valence-electron chi connectivity index (χ0n) is 9.22. The monoisotopic (exact) mass is 214 g/mol. The van der Waals surface area contributed by atoms with E-state index in [1.54, 1.807) is 19.3 Å². The molecule has 0 aromatic heterocycles. The lowest BCUT2D eigenvalue weighted by Crippen LogP contribution is -2.26. The third-order valence-corrected chi connectivity index (χ3v) is 2.65. The normalized spacial score (nSPS) is 19.7. The highest BCUT2D eigenvalue weighted by molar-refractivity contribution is 5.97. The molecule has 0 N–H and O–H groups in total. The maximum atomic E-state index is 11.6. The molecule has 0 bridgehead atoms. The number of carbonyl (C=O) groups is 1. The average molecular weight is 214 g/mol. The molecule has 2 nitrogen and oxygen atoms in total. The van der Waals surface area contributed by atoms with Crippen molar-refractivity contribution in [3.05, 3.63) is 59.7 Å². The molecule has 1 atom stereocenters. The molecule has 0 amide bonds. The molecule has 0 heterocycles. The third-order valence-electron chi connectivity index (χ3n) is 2.65. The standard InChI is InChI=1S/C14H14O2/c1-16-14-12(8-5-9-13(14)15)10-11-6-3-2-4-7-11/h2-9,14H,10H2,1H3. The molecule has 1 unspecified atom stereocenters. The highest BCUT2D eigenvalue weighted by Crippen LogP contribution is 2.18. The lowest BCUT2D eigenvalue weighted by Gasteiger charge is -2.18. The second kappa shape index (κ2) is 4.90. The fourth-order valence-corrected chi connectivity index (χ4v) is 1.87. The van der Waals surface area contributed by atoms with Gasteiger partial charge in [-0.15, -0.1) is 0 Å². The number of allylic oxidation sites excluding steroid dienone is 2. The van der Waals surface area contributed by atoms with Gasteiger partial charge in [-0.1, -0.05) is 42.5 Å². The summed E-state index contributed by atoms with van der Waals surface area (Å²) in [6, 6.07) is 10.1. The molecular formula is C14H14O2. The van der Waals surface area contributed by atoms with E-state index in [0.717, 1.165) is 12.0 Å². The number of ether oxygens (including phenoxy) is 1. The number of hydrogen-bond acceptors (Lipinski definition) is 2. The van der Waals surface area contributed by atoms with Gasteiger partial charge in [0.15, 0.2) is 5.78 Å². The van der Waals surface area contributed by atoms with Crippen molar-refractivity contribution in [3.63, 3.8) is 0 Å². The van der Waals surface area contributed by atoms with Gasteiger partial charge in [0.25, 0.3) is 0 Å². The first kappa shape index (κ1) is 10.8. The molecule has 0 radical (unpaired) electrons. The molecule has 1 aromatic rings. The number of benzene rings is 1. The van der Waals surface area contributed by atoms with Gasteiger partial charge in [-0.05, 0) is 23.6 Å². The van der Waals surface area contributed by atoms with E-state index in [2.05, 4.69) is 12.1 Å². The van der Waals surface area contributed by atoms with E-state index < -0.39 is 6.10 Å². The van der Waals surface area contributed by atoms with Crippen LogP contribution in [-0.2, 0) is 16.0 Å². The van der Waals surface area contributed by atoms with Crippen LogP contribution in [0.1, 0.15) is 5.56 Å². The Labute approximate surface area is 95.2 Å². The van der Waals surface area contributed by atoms with E-state index >= 15 is 0 Å². The SMILES string of the molecule is COC1C(=O)C=CC=C1Cc1ccccc1. The number of methoxy groups -OCH3 is 1. The number of ketones is 1. The van der Waals surface area contributed by atoms with Crippen molar-refractivity contribution in [2.45, 2.75) is 12.5 Å². The molecule has 0 saturated heterocycles. The predicted octanol–water partition coefficient (Wildman–Crippen LogP) is 2.31. The Morgan fingerprint density at radius 2 is 2.00 bits per heavy atom. The van der Waals surface area contributed by atoms with Crippen LogP contribution in [0.15, 0.2) is 54.1 Å². The van der Waals surface area contributed by atoms with Gasteiger partial charge < -0.3 is 4.74 Å². The van der Waals surface area contributed by atoms with Gasteiger partial charge in [-0.3, -0.25) is 4.79 Å². The van der Waals surface area contributed by atoms with E-state index in [9.17, 15) is 4.79 Å².